The van der Waals surface area contributed by atoms with E-state index in [1.165, 1.54) is 0 Å². The summed E-state index contributed by atoms with van der Waals surface area (Å²) in [5, 5.41) is 12.0. The molecule has 0 aliphatic heterocycles. The largest absolute Gasteiger partial charge is 0.396 e. The molecule has 1 atom stereocenters. The summed E-state index contributed by atoms with van der Waals surface area (Å²) < 4.78 is 0. The first-order valence-electron chi connectivity index (χ1n) is 3.64. The monoisotopic (exact) mass is 146 g/mol. The highest BCUT2D eigenvalue weighted by molar-refractivity contribution is 4.75. The third kappa shape index (κ3) is 3.15. The molecule has 0 bridgehead atoms. The van der Waals surface area contributed by atoms with Crippen LogP contribution >= 0.6 is 0 Å². The molecule has 0 aromatic carbocycles. The van der Waals surface area contributed by atoms with Gasteiger partial charge in [-0.25, -0.2) is 0 Å². The Morgan fingerprint density at radius 2 is 2.20 bits per heavy atom. The maximum absolute atomic E-state index is 8.95. The molecule has 0 saturated carbocycles. The second kappa shape index (κ2) is 4.66. The summed E-state index contributed by atoms with van der Waals surface area (Å²) >= 11 is 0. The predicted octanol–water partition coefficient (Wildman–Crippen LogP) is -0.447. The first kappa shape index (κ1) is 9.88. The molecule has 0 aliphatic carbocycles. The Balaban J connectivity index is 3.69. The van der Waals surface area contributed by atoms with Crippen molar-refractivity contribution in [3.8, 4) is 0 Å². The zero-order chi connectivity index (χ0) is 8.04. The maximum Gasteiger partial charge on any atom is 0.0497 e. The smallest absolute Gasteiger partial charge is 0.0497 e. The van der Waals surface area contributed by atoms with Crippen molar-refractivity contribution in [3.05, 3.63) is 0 Å². The minimum absolute atomic E-state index is 0.0382. The maximum atomic E-state index is 8.95. The molecule has 0 spiro atoms. The van der Waals surface area contributed by atoms with Crippen molar-refractivity contribution >= 4 is 0 Å². The molecule has 0 heterocycles. The molecule has 1 unspecified atom stereocenters. The van der Waals surface area contributed by atoms with Gasteiger partial charge in [0.05, 0.1) is 0 Å². The van der Waals surface area contributed by atoms with Gasteiger partial charge in [0, 0.05) is 18.6 Å². The van der Waals surface area contributed by atoms with Crippen molar-refractivity contribution in [3.63, 3.8) is 0 Å². The Hall–Kier alpha value is -0.120. The molecule has 62 valence electrons. The van der Waals surface area contributed by atoms with Crippen LogP contribution < -0.4 is 11.1 Å². The summed E-state index contributed by atoms with van der Waals surface area (Å²) in [5.41, 5.74) is 5.34. The number of aliphatic hydroxyl groups excluding tert-OH is 1. The van der Waals surface area contributed by atoms with Crippen LogP contribution in [0.2, 0.25) is 0 Å². The van der Waals surface area contributed by atoms with Crippen molar-refractivity contribution in [2.45, 2.75) is 13.3 Å². The molecule has 0 radical (unpaired) electrons. The quantitative estimate of drug-likeness (QED) is 0.492. The highest BCUT2D eigenvalue weighted by atomic mass is 16.3. The van der Waals surface area contributed by atoms with Gasteiger partial charge in [-0.1, -0.05) is 6.92 Å². The number of nitrogens with two attached hydrogens (primary N) is 1. The second-order valence-electron chi connectivity index (χ2n) is 3.04. The summed E-state index contributed by atoms with van der Waals surface area (Å²) in [4.78, 5) is 0. The molecule has 3 nitrogen and oxygen atoms in total. The van der Waals surface area contributed by atoms with Crippen LogP contribution in [0.4, 0.5) is 0 Å². The molecule has 4 N–H and O–H groups in total. The van der Waals surface area contributed by atoms with Gasteiger partial charge in [-0.05, 0) is 20.0 Å². The van der Waals surface area contributed by atoms with Crippen LogP contribution in [0.5, 0.6) is 0 Å². The van der Waals surface area contributed by atoms with Crippen molar-refractivity contribution in [2.75, 3.05) is 26.7 Å². The summed E-state index contributed by atoms with van der Waals surface area (Å²) in [6.07, 6.45) is 0.865. The highest BCUT2D eigenvalue weighted by Crippen LogP contribution is 2.17. The molecule has 0 saturated heterocycles. The van der Waals surface area contributed by atoms with Crippen molar-refractivity contribution in [1.29, 1.82) is 0 Å². The van der Waals surface area contributed by atoms with Crippen molar-refractivity contribution in [1.82, 2.24) is 5.32 Å². The normalized spacial score (nSPS) is 16.8. The van der Waals surface area contributed by atoms with Gasteiger partial charge in [-0.15, -0.1) is 0 Å². The van der Waals surface area contributed by atoms with Gasteiger partial charge in [0.1, 0.15) is 0 Å². The van der Waals surface area contributed by atoms with E-state index < -0.39 is 0 Å². The summed E-state index contributed by atoms with van der Waals surface area (Å²) in [7, 11) is 1.88. The van der Waals surface area contributed by atoms with E-state index in [-0.39, 0.29) is 12.0 Å². The lowest BCUT2D eigenvalue weighted by molar-refractivity contribution is 0.135. The fourth-order valence-electron chi connectivity index (χ4n) is 0.999. The van der Waals surface area contributed by atoms with E-state index in [1.54, 1.807) is 0 Å². The van der Waals surface area contributed by atoms with Gasteiger partial charge < -0.3 is 16.2 Å². The SMILES string of the molecule is CNCC(C)(CO)CCN. The topological polar surface area (TPSA) is 58.3 Å². The fourth-order valence-corrected chi connectivity index (χ4v) is 0.999. The van der Waals surface area contributed by atoms with E-state index in [1.807, 2.05) is 14.0 Å². The van der Waals surface area contributed by atoms with Gasteiger partial charge in [0.15, 0.2) is 0 Å². The minimum Gasteiger partial charge on any atom is -0.396 e. The molecule has 0 rings (SSSR count). The predicted molar refractivity (Wildman–Crippen MR) is 42.8 cm³/mol. The van der Waals surface area contributed by atoms with Crippen LogP contribution in [0.15, 0.2) is 0 Å². The van der Waals surface area contributed by atoms with Gasteiger partial charge in [0.25, 0.3) is 0 Å². The number of hydrogen-bond donors (Lipinski definition) is 3. The standard InChI is InChI=1S/C7H18N2O/c1-7(6-10,3-4-8)5-9-2/h9-10H,3-6,8H2,1-2H3. The Morgan fingerprint density at radius 1 is 1.60 bits per heavy atom. The van der Waals surface area contributed by atoms with E-state index in [0.29, 0.717) is 6.54 Å². The molecule has 10 heavy (non-hydrogen) atoms. The van der Waals surface area contributed by atoms with Crippen LogP contribution in [-0.2, 0) is 0 Å². The lowest BCUT2D eigenvalue weighted by Gasteiger charge is -2.25. The summed E-state index contributed by atoms with van der Waals surface area (Å²) in [5.74, 6) is 0. The molecule has 0 aliphatic rings. The minimum atomic E-state index is -0.0382. The third-order valence-electron chi connectivity index (χ3n) is 1.73. The number of rotatable bonds is 5. The Kier molecular flexibility index (Phi) is 4.60. The molecule has 0 aromatic rings. The Morgan fingerprint density at radius 3 is 2.50 bits per heavy atom. The molecule has 3 heteroatoms. The molecule has 0 fully saturated rings. The van der Waals surface area contributed by atoms with Crippen LogP contribution in [0.3, 0.4) is 0 Å². The van der Waals surface area contributed by atoms with Crippen LogP contribution in [0, 0.1) is 5.41 Å². The average molecular weight is 146 g/mol. The average Bonchev–Trinajstić information content (AvgIpc) is 1.89. The zero-order valence-corrected chi connectivity index (χ0v) is 6.85. The molecule has 0 aromatic heterocycles. The molecular formula is C7H18N2O. The Labute approximate surface area is 62.6 Å². The van der Waals surface area contributed by atoms with Crippen molar-refractivity contribution in [2.24, 2.45) is 11.1 Å². The van der Waals surface area contributed by atoms with E-state index in [2.05, 4.69) is 5.32 Å². The fraction of sp³-hybridized carbons (Fsp3) is 1.00. The van der Waals surface area contributed by atoms with Gasteiger partial charge in [0.2, 0.25) is 0 Å². The second-order valence-corrected chi connectivity index (χ2v) is 3.04. The van der Waals surface area contributed by atoms with Crippen molar-refractivity contribution < 1.29 is 5.11 Å². The lowest BCUT2D eigenvalue weighted by Crippen LogP contribution is -2.35. The number of nitrogens with one attached hydrogen (secondary N) is 1. The van der Waals surface area contributed by atoms with Crippen LogP contribution in [0.1, 0.15) is 13.3 Å². The van der Waals surface area contributed by atoms with E-state index in [9.17, 15) is 0 Å². The molecule has 0 amide bonds. The summed E-state index contributed by atoms with van der Waals surface area (Å²) in [6, 6.07) is 0. The number of hydrogen-bond acceptors (Lipinski definition) is 3. The van der Waals surface area contributed by atoms with E-state index >= 15 is 0 Å². The lowest BCUT2D eigenvalue weighted by atomic mass is 9.88. The zero-order valence-electron chi connectivity index (χ0n) is 6.85. The van der Waals surface area contributed by atoms with Gasteiger partial charge in [-0.3, -0.25) is 0 Å². The summed E-state index contributed by atoms with van der Waals surface area (Å²) in [6.45, 7) is 3.68. The number of aliphatic hydroxyl groups is 1. The van der Waals surface area contributed by atoms with Crippen LogP contribution in [-0.4, -0.2) is 31.9 Å². The van der Waals surface area contributed by atoms with Crippen LogP contribution in [0.25, 0.3) is 0 Å². The molecular weight excluding hydrogens is 128 g/mol. The first-order valence-corrected chi connectivity index (χ1v) is 3.64. The Bertz CT molecular complexity index is 79.7. The van der Waals surface area contributed by atoms with E-state index in [0.717, 1.165) is 13.0 Å². The van der Waals surface area contributed by atoms with Gasteiger partial charge in [-0.2, -0.15) is 0 Å². The van der Waals surface area contributed by atoms with E-state index in [4.69, 9.17) is 10.8 Å². The highest BCUT2D eigenvalue weighted by Gasteiger charge is 2.20. The van der Waals surface area contributed by atoms with Gasteiger partial charge >= 0.3 is 0 Å². The third-order valence-corrected chi connectivity index (χ3v) is 1.73. The first-order chi connectivity index (χ1) is 4.68.